The van der Waals surface area contributed by atoms with E-state index in [4.69, 9.17) is 10.5 Å². The molecule has 0 bridgehead atoms. The minimum atomic E-state index is -2.70. The molecule has 224 valence electrons. The van der Waals surface area contributed by atoms with Gasteiger partial charge >= 0.3 is 6.09 Å². The summed E-state index contributed by atoms with van der Waals surface area (Å²) in [6.07, 6.45) is 0.916. The highest BCUT2D eigenvalue weighted by Gasteiger charge is 2.64. The number of nitrogens with one attached hydrogen (secondary N) is 1. The first-order chi connectivity index (χ1) is 20.3. The Kier molecular flexibility index (Phi) is 7.36. The molecule has 43 heavy (non-hydrogen) atoms. The van der Waals surface area contributed by atoms with Gasteiger partial charge in [-0.15, -0.1) is 0 Å². The van der Waals surface area contributed by atoms with Gasteiger partial charge in [0.1, 0.15) is 29.4 Å². The standard InChI is InChI=1S/C31H31N3O9/c1-4-11-43-30(41)33-16-7-5-14(6-8-16)17-9-10-20(35)22-18(17)12-15-13-19-24(34(2)3)26(37)23(29(32)40)28(39)31(19,42)27(38)21(15)25(22)36/h4-10,15,19,24,35-36,39,42H,1,11-13H2,2-3H3,(H2,32,40)(H,33,41)/t15-,19-,24-,31+/m1/s1. The lowest BCUT2D eigenvalue weighted by atomic mass is 9.57. The van der Waals surface area contributed by atoms with Gasteiger partial charge < -0.3 is 30.9 Å². The van der Waals surface area contributed by atoms with E-state index in [0.29, 0.717) is 22.4 Å². The summed E-state index contributed by atoms with van der Waals surface area (Å²) in [5, 5.41) is 47.5. The molecule has 0 spiro atoms. The normalized spacial score (nSPS) is 24.7. The lowest BCUT2D eigenvalue weighted by Gasteiger charge is -2.50. The van der Waals surface area contributed by atoms with Crippen molar-refractivity contribution in [3.05, 3.63) is 77.1 Å². The molecule has 4 atom stereocenters. The van der Waals surface area contributed by atoms with Gasteiger partial charge in [-0.1, -0.05) is 30.9 Å². The number of aliphatic hydroxyl groups is 3. The number of rotatable bonds is 6. The number of amides is 2. The van der Waals surface area contributed by atoms with Gasteiger partial charge in [0.15, 0.2) is 11.4 Å². The molecule has 1 saturated carbocycles. The Morgan fingerprint density at radius 2 is 1.81 bits per heavy atom. The van der Waals surface area contributed by atoms with E-state index in [2.05, 4.69) is 11.9 Å². The Morgan fingerprint density at radius 3 is 2.42 bits per heavy atom. The molecule has 5 rings (SSSR count). The number of primary amides is 1. The highest BCUT2D eigenvalue weighted by molar-refractivity contribution is 6.24. The van der Waals surface area contributed by atoms with Crippen molar-refractivity contribution < 1.29 is 44.3 Å². The average Bonchev–Trinajstić information content (AvgIpc) is 2.94. The Balaban J connectivity index is 1.60. The monoisotopic (exact) mass is 589 g/mol. The first-order valence-corrected chi connectivity index (χ1v) is 13.5. The molecule has 2 aromatic rings. The third kappa shape index (κ3) is 4.55. The zero-order valence-corrected chi connectivity index (χ0v) is 23.5. The number of benzene rings is 2. The number of anilines is 1. The number of nitrogens with two attached hydrogens (primary N) is 1. The minimum Gasteiger partial charge on any atom is -0.508 e. The second kappa shape index (κ2) is 10.7. The van der Waals surface area contributed by atoms with Crippen LogP contribution >= 0.6 is 0 Å². The maximum absolute atomic E-state index is 14.0. The number of hydrogen-bond acceptors (Lipinski definition) is 10. The minimum absolute atomic E-state index is 0.0102. The van der Waals surface area contributed by atoms with Crippen molar-refractivity contribution in [2.75, 3.05) is 26.0 Å². The van der Waals surface area contributed by atoms with Gasteiger partial charge in [-0.05, 0) is 67.7 Å². The third-order valence-electron chi connectivity index (χ3n) is 8.38. The van der Waals surface area contributed by atoms with Crippen LogP contribution in [0.5, 0.6) is 5.75 Å². The molecule has 0 radical (unpaired) electrons. The van der Waals surface area contributed by atoms with Crippen LogP contribution in [-0.4, -0.2) is 81.2 Å². The Labute approximate surface area is 246 Å². The van der Waals surface area contributed by atoms with Crippen molar-refractivity contribution in [1.29, 1.82) is 0 Å². The predicted octanol–water partition coefficient (Wildman–Crippen LogP) is 2.37. The summed E-state index contributed by atoms with van der Waals surface area (Å²) >= 11 is 0. The number of likely N-dealkylation sites (N-methyl/N-ethyl adjacent to an activating group) is 1. The van der Waals surface area contributed by atoms with Crippen LogP contribution in [0.25, 0.3) is 16.9 Å². The summed E-state index contributed by atoms with van der Waals surface area (Å²) in [7, 11) is 3.09. The van der Waals surface area contributed by atoms with E-state index in [0.717, 1.165) is 0 Å². The number of phenols is 1. The number of Topliss-reactive ketones (excluding diaryl/α,β-unsaturated/α-hetero) is 2. The van der Waals surface area contributed by atoms with Crippen LogP contribution in [-0.2, 0) is 25.5 Å². The average molecular weight is 590 g/mol. The number of aromatic hydroxyl groups is 1. The van der Waals surface area contributed by atoms with Crippen molar-refractivity contribution >= 4 is 35.0 Å². The smallest absolute Gasteiger partial charge is 0.411 e. The molecule has 0 heterocycles. The van der Waals surface area contributed by atoms with Crippen LogP contribution in [0.1, 0.15) is 17.5 Å². The van der Waals surface area contributed by atoms with Crippen molar-refractivity contribution in [3.8, 4) is 16.9 Å². The summed E-state index contributed by atoms with van der Waals surface area (Å²) < 4.78 is 4.93. The van der Waals surface area contributed by atoms with Gasteiger partial charge in [0.05, 0.1) is 11.6 Å². The van der Waals surface area contributed by atoms with Gasteiger partial charge in [-0.2, -0.15) is 0 Å². The summed E-state index contributed by atoms with van der Waals surface area (Å²) in [6, 6.07) is 8.62. The second-order valence-electron chi connectivity index (χ2n) is 11.0. The van der Waals surface area contributed by atoms with Crippen LogP contribution in [0.4, 0.5) is 10.5 Å². The molecule has 3 aliphatic rings. The van der Waals surface area contributed by atoms with Crippen molar-refractivity contribution in [1.82, 2.24) is 4.90 Å². The number of phenolic OH excluding ortho intramolecular Hbond substituents is 1. The molecule has 0 saturated heterocycles. The molecule has 1 fully saturated rings. The fourth-order valence-electron chi connectivity index (χ4n) is 6.54. The van der Waals surface area contributed by atoms with Crippen LogP contribution in [0.15, 0.2) is 66.0 Å². The predicted molar refractivity (Wildman–Crippen MR) is 155 cm³/mol. The SMILES string of the molecule is C=CCOC(=O)Nc1ccc(-c2ccc(O)c3c2C[C@@H]2C[C@@H]4[C@@H](N(C)C)C(=O)C(C(N)=O)=C(O)[C@@]4(O)C(=O)C2=C3O)cc1. The van der Waals surface area contributed by atoms with E-state index in [1.165, 1.54) is 17.0 Å². The van der Waals surface area contributed by atoms with Crippen molar-refractivity contribution in [2.45, 2.75) is 24.5 Å². The van der Waals surface area contributed by atoms with Crippen molar-refractivity contribution in [2.24, 2.45) is 17.6 Å². The Bertz CT molecular complexity index is 1640. The molecule has 3 aliphatic carbocycles. The zero-order valence-electron chi connectivity index (χ0n) is 23.5. The summed E-state index contributed by atoms with van der Waals surface area (Å²) in [6.45, 7) is 3.54. The molecular weight excluding hydrogens is 558 g/mol. The highest BCUT2D eigenvalue weighted by Crippen LogP contribution is 2.53. The topological polar surface area (TPSA) is 200 Å². The van der Waals surface area contributed by atoms with E-state index in [1.54, 1.807) is 44.4 Å². The van der Waals surface area contributed by atoms with Gasteiger partial charge in [0, 0.05) is 17.2 Å². The number of fused-ring (bicyclic) bond motifs is 3. The number of carbonyl (C=O) groups is 4. The van der Waals surface area contributed by atoms with Crippen LogP contribution in [0, 0.1) is 11.8 Å². The lowest BCUT2D eigenvalue weighted by Crippen LogP contribution is -2.65. The number of nitrogens with zero attached hydrogens (tertiary/aromatic N) is 1. The molecule has 12 heteroatoms. The van der Waals surface area contributed by atoms with E-state index < -0.39 is 64.1 Å². The molecular formula is C31H31N3O9. The fraction of sp³-hybridized carbons (Fsp3) is 0.290. The maximum Gasteiger partial charge on any atom is 0.411 e. The second-order valence-corrected chi connectivity index (χ2v) is 11.0. The quantitative estimate of drug-likeness (QED) is 0.215. The van der Waals surface area contributed by atoms with E-state index >= 15 is 0 Å². The lowest BCUT2D eigenvalue weighted by molar-refractivity contribution is -0.153. The number of carbonyl (C=O) groups excluding carboxylic acids is 4. The summed E-state index contributed by atoms with van der Waals surface area (Å²) in [4.78, 5) is 52.7. The molecule has 2 aromatic carbocycles. The van der Waals surface area contributed by atoms with Crippen LogP contribution < -0.4 is 11.1 Å². The van der Waals surface area contributed by atoms with E-state index in [-0.39, 0.29) is 36.3 Å². The van der Waals surface area contributed by atoms with E-state index in [9.17, 15) is 39.6 Å². The number of ether oxygens (including phenoxy) is 1. The number of aliphatic hydroxyl groups excluding tert-OH is 2. The summed E-state index contributed by atoms with van der Waals surface area (Å²) in [5.74, 6) is -7.07. The molecule has 7 N–H and O–H groups in total. The summed E-state index contributed by atoms with van der Waals surface area (Å²) in [5.41, 5.74) is 3.87. The molecule has 0 unspecified atom stereocenters. The van der Waals surface area contributed by atoms with Crippen molar-refractivity contribution in [3.63, 3.8) is 0 Å². The Hall–Kier alpha value is -4.94. The number of hydrogen-bond donors (Lipinski definition) is 6. The molecule has 2 amide bonds. The highest BCUT2D eigenvalue weighted by atomic mass is 16.5. The van der Waals surface area contributed by atoms with E-state index in [1.807, 2.05) is 0 Å². The van der Waals surface area contributed by atoms with Gasteiger partial charge in [0.2, 0.25) is 5.78 Å². The molecule has 0 aromatic heterocycles. The fourth-order valence-corrected chi connectivity index (χ4v) is 6.54. The third-order valence-corrected chi connectivity index (χ3v) is 8.38. The first kappa shape index (κ1) is 29.5. The largest absolute Gasteiger partial charge is 0.508 e. The zero-order chi connectivity index (χ0) is 31.4. The molecule has 0 aliphatic heterocycles. The van der Waals surface area contributed by atoms with Crippen LogP contribution in [0.3, 0.4) is 0 Å². The van der Waals surface area contributed by atoms with Gasteiger partial charge in [-0.25, -0.2) is 4.79 Å². The number of ketones is 2. The van der Waals surface area contributed by atoms with Crippen LogP contribution in [0.2, 0.25) is 0 Å². The Morgan fingerprint density at radius 1 is 1.14 bits per heavy atom. The molecule has 12 nitrogen and oxygen atoms in total. The van der Waals surface area contributed by atoms with Gasteiger partial charge in [-0.3, -0.25) is 24.6 Å². The first-order valence-electron chi connectivity index (χ1n) is 13.5. The maximum atomic E-state index is 14.0. The van der Waals surface area contributed by atoms with Gasteiger partial charge in [0.25, 0.3) is 5.91 Å².